The molecule has 0 spiro atoms. The van der Waals surface area contributed by atoms with Crippen molar-refractivity contribution in [2.45, 2.75) is 38.3 Å². The number of aliphatic carboxylic acids is 1. The molecule has 0 heterocycles. The molecule has 22 heavy (non-hydrogen) atoms. The topological polar surface area (TPSA) is 69.6 Å². The number of nitrogens with zero attached hydrogens (tertiary/aromatic N) is 1. The van der Waals surface area contributed by atoms with Crippen LogP contribution in [0.5, 0.6) is 0 Å². The third-order valence-electron chi connectivity index (χ3n) is 3.50. The highest BCUT2D eigenvalue weighted by atomic mass is 35.5. The molecule has 1 amide bonds. The Hall–Kier alpha value is -1.59. The summed E-state index contributed by atoms with van der Waals surface area (Å²) in [5.41, 5.74) is 0.838. The highest BCUT2D eigenvalue weighted by molar-refractivity contribution is 5.85. The number of nitrogens with one attached hydrogen (secondary N) is 1. The fourth-order valence-electron chi connectivity index (χ4n) is 2.43. The van der Waals surface area contributed by atoms with Gasteiger partial charge in [-0.25, -0.2) is 0 Å². The zero-order valence-corrected chi connectivity index (χ0v) is 13.5. The summed E-state index contributed by atoms with van der Waals surface area (Å²) in [4.78, 5) is 25.4. The van der Waals surface area contributed by atoms with E-state index in [0.29, 0.717) is 6.54 Å². The summed E-state index contributed by atoms with van der Waals surface area (Å²) >= 11 is 0. The SMILES string of the molecule is CCCN(CC(=O)O)C(C(=O)NC1CC1)c1ccccc1.Cl. The smallest absolute Gasteiger partial charge is 0.317 e. The fourth-order valence-corrected chi connectivity index (χ4v) is 2.43. The molecule has 0 bridgehead atoms. The minimum Gasteiger partial charge on any atom is -0.480 e. The fraction of sp³-hybridized carbons (Fsp3) is 0.500. The quantitative estimate of drug-likeness (QED) is 0.768. The van der Waals surface area contributed by atoms with Gasteiger partial charge in [0.25, 0.3) is 0 Å². The summed E-state index contributed by atoms with van der Waals surface area (Å²) in [6, 6.07) is 9.11. The van der Waals surface area contributed by atoms with Crippen LogP contribution in [-0.2, 0) is 9.59 Å². The Labute approximate surface area is 137 Å². The zero-order valence-electron chi connectivity index (χ0n) is 12.7. The molecule has 1 saturated carbocycles. The molecular formula is C16H23ClN2O3. The average molecular weight is 327 g/mol. The van der Waals surface area contributed by atoms with Gasteiger partial charge in [0.15, 0.2) is 0 Å². The number of hydrogen-bond acceptors (Lipinski definition) is 3. The Morgan fingerprint density at radius 1 is 1.32 bits per heavy atom. The van der Waals surface area contributed by atoms with Crippen LogP contribution in [0.15, 0.2) is 30.3 Å². The molecular weight excluding hydrogens is 304 g/mol. The molecule has 2 rings (SSSR count). The number of carbonyl (C=O) groups is 2. The van der Waals surface area contributed by atoms with Gasteiger partial charge in [0.2, 0.25) is 5.91 Å². The maximum atomic E-state index is 12.5. The van der Waals surface area contributed by atoms with Gasteiger partial charge < -0.3 is 10.4 Å². The van der Waals surface area contributed by atoms with Gasteiger partial charge in [0.05, 0.1) is 6.54 Å². The lowest BCUT2D eigenvalue weighted by Crippen LogP contribution is -2.43. The number of benzene rings is 1. The van der Waals surface area contributed by atoms with Crippen LogP contribution >= 0.6 is 12.4 Å². The molecule has 0 aliphatic heterocycles. The van der Waals surface area contributed by atoms with Gasteiger partial charge in [-0.15, -0.1) is 12.4 Å². The third kappa shape index (κ3) is 5.31. The largest absolute Gasteiger partial charge is 0.480 e. The zero-order chi connectivity index (χ0) is 15.2. The van der Waals surface area contributed by atoms with Gasteiger partial charge in [0, 0.05) is 6.04 Å². The van der Waals surface area contributed by atoms with Gasteiger partial charge in [-0.1, -0.05) is 37.3 Å². The predicted molar refractivity (Wildman–Crippen MR) is 87.1 cm³/mol. The van der Waals surface area contributed by atoms with Crippen molar-refractivity contribution in [2.24, 2.45) is 0 Å². The first-order valence-corrected chi connectivity index (χ1v) is 7.43. The van der Waals surface area contributed by atoms with E-state index in [1.807, 2.05) is 37.3 Å². The molecule has 1 aromatic rings. The van der Waals surface area contributed by atoms with Crippen LogP contribution in [0.1, 0.15) is 37.8 Å². The summed E-state index contributed by atoms with van der Waals surface area (Å²) in [6.07, 6.45) is 2.83. The van der Waals surface area contributed by atoms with Crippen molar-refractivity contribution < 1.29 is 14.7 Å². The summed E-state index contributed by atoms with van der Waals surface area (Å²) < 4.78 is 0. The number of amides is 1. The molecule has 1 unspecified atom stereocenters. The highest BCUT2D eigenvalue weighted by Gasteiger charge is 2.32. The second kappa shape index (κ2) is 8.76. The van der Waals surface area contributed by atoms with Crippen molar-refractivity contribution in [3.8, 4) is 0 Å². The van der Waals surface area contributed by atoms with E-state index in [2.05, 4.69) is 5.32 Å². The van der Waals surface area contributed by atoms with E-state index >= 15 is 0 Å². The van der Waals surface area contributed by atoms with Gasteiger partial charge in [-0.05, 0) is 31.4 Å². The lowest BCUT2D eigenvalue weighted by molar-refractivity contribution is -0.140. The maximum absolute atomic E-state index is 12.5. The molecule has 0 radical (unpaired) electrons. The Balaban J connectivity index is 0.00000242. The Morgan fingerprint density at radius 3 is 2.45 bits per heavy atom. The lowest BCUT2D eigenvalue weighted by Gasteiger charge is -2.29. The number of halogens is 1. The predicted octanol–water partition coefficient (Wildman–Crippen LogP) is 2.22. The van der Waals surface area contributed by atoms with Gasteiger partial charge in [-0.2, -0.15) is 0 Å². The molecule has 122 valence electrons. The minimum absolute atomic E-state index is 0. The van der Waals surface area contributed by atoms with E-state index in [1.54, 1.807) is 4.90 Å². The van der Waals surface area contributed by atoms with E-state index in [9.17, 15) is 9.59 Å². The maximum Gasteiger partial charge on any atom is 0.317 e. The molecule has 2 N–H and O–H groups in total. The molecule has 1 aliphatic carbocycles. The first-order chi connectivity index (χ1) is 10.1. The third-order valence-corrected chi connectivity index (χ3v) is 3.50. The summed E-state index contributed by atoms with van der Waals surface area (Å²) in [5, 5.41) is 12.1. The first kappa shape index (κ1) is 18.5. The number of carboxylic acids is 1. The summed E-state index contributed by atoms with van der Waals surface area (Å²) in [5.74, 6) is -1.01. The van der Waals surface area contributed by atoms with Crippen LogP contribution in [0, 0.1) is 0 Å². The number of carboxylic acid groups (broad SMARTS) is 1. The van der Waals surface area contributed by atoms with E-state index < -0.39 is 12.0 Å². The van der Waals surface area contributed by atoms with Crippen molar-refractivity contribution in [1.82, 2.24) is 10.2 Å². The first-order valence-electron chi connectivity index (χ1n) is 7.43. The molecule has 6 heteroatoms. The van der Waals surface area contributed by atoms with Crippen LogP contribution in [0.3, 0.4) is 0 Å². The van der Waals surface area contributed by atoms with Crippen LogP contribution < -0.4 is 5.32 Å². The number of carbonyl (C=O) groups excluding carboxylic acids is 1. The summed E-state index contributed by atoms with van der Waals surface area (Å²) in [7, 11) is 0. The lowest BCUT2D eigenvalue weighted by atomic mass is 10.0. The Morgan fingerprint density at radius 2 is 1.95 bits per heavy atom. The van der Waals surface area contributed by atoms with Crippen molar-refractivity contribution in [3.63, 3.8) is 0 Å². The van der Waals surface area contributed by atoms with Crippen LogP contribution in [0.2, 0.25) is 0 Å². The van der Waals surface area contributed by atoms with Crippen molar-refractivity contribution in [2.75, 3.05) is 13.1 Å². The van der Waals surface area contributed by atoms with Crippen molar-refractivity contribution >= 4 is 24.3 Å². The second-order valence-electron chi connectivity index (χ2n) is 5.46. The molecule has 1 aromatic carbocycles. The van der Waals surface area contributed by atoms with Gasteiger partial charge >= 0.3 is 5.97 Å². The molecule has 1 atom stereocenters. The average Bonchev–Trinajstić information content (AvgIpc) is 3.23. The van der Waals surface area contributed by atoms with Crippen molar-refractivity contribution in [3.05, 3.63) is 35.9 Å². The minimum atomic E-state index is -0.913. The Kier molecular flexibility index (Phi) is 7.35. The monoisotopic (exact) mass is 326 g/mol. The molecule has 1 fully saturated rings. The van der Waals surface area contributed by atoms with Gasteiger partial charge in [-0.3, -0.25) is 14.5 Å². The number of rotatable bonds is 8. The molecule has 0 saturated heterocycles. The van der Waals surface area contributed by atoms with Crippen molar-refractivity contribution in [1.29, 1.82) is 0 Å². The molecule has 1 aliphatic rings. The second-order valence-corrected chi connectivity index (χ2v) is 5.46. The van der Waals surface area contributed by atoms with E-state index in [4.69, 9.17) is 5.11 Å². The van der Waals surface area contributed by atoms with E-state index in [0.717, 1.165) is 24.8 Å². The summed E-state index contributed by atoms with van der Waals surface area (Å²) in [6.45, 7) is 2.42. The van der Waals surface area contributed by atoms with Crippen LogP contribution in [-0.4, -0.2) is 41.0 Å². The van der Waals surface area contributed by atoms with E-state index in [-0.39, 0.29) is 30.9 Å². The highest BCUT2D eigenvalue weighted by Crippen LogP contribution is 2.25. The van der Waals surface area contributed by atoms with Crippen LogP contribution in [0.4, 0.5) is 0 Å². The molecule has 5 nitrogen and oxygen atoms in total. The number of hydrogen-bond donors (Lipinski definition) is 2. The Bertz CT molecular complexity index is 491. The standard InChI is InChI=1S/C16H22N2O3.ClH/c1-2-10-18(11-14(19)20)15(12-6-4-3-5-7-12)16(21)17-13-8-9-13;/h3-7,13,15H,2,8-11H2,1H3,(H,17,21)(H,19,20);1H. The van der Waals surface area contributed by atoms with Gasteiger partial charge in [0.1, 0.15) is 6.04 Å². The van der Waals surface area contributed by atoms with Crippen LogP contribution in [0.25, 0.3) is 0 Å². The molecule has 0 aromatic heterocycles. The van der Waals surface area contributed by atoms with E-state index in [1.165, 1.54) is 0 Å². The normalized spacial score (nSPS) is 15.0.